The van der Waals surface area contributed by atoms with Gasteiger partial charge in [-0.15, -0.1) is 11.3 Å². The zero-order valence-electron chi connectivity index (χ0n) is 6.71. The zero-order chi connectivity index (χ0) is 8.84. The summed E-state index contributed by atoms with van der Waals surface area (Å²) >= 11 is 5.18. The average Bonchev–Trinajstić information content (AvgIpc) is 2.66. The second-order valence-corrected chi connectivity index (χ2v) is 4.70. The Hall–Kier alpha value is -0.610. The van der Waals surface area contributed by atoms with Crippen LogP contribution in [0.1, 0.15) is 5.56 Å². The molecule has 13 heavy (non-hydrogen) atoms. The topological polar surface area (TPSA) is 22.1 Å². The molecular formula is C9H6BrNOS. The smallest absolute Gasteiger partial charge is 0.139 e. The SMILES string of the molecule is Brc1cc2scnc2c2c1OCC2. The van der Waals surface area contributed by atoms with E-state index in [0.717, 1.165) is 28.8 Å². The molecule has 2 aromatic rings. The summed E-state index contributed by atoms with van der Waals surface area (Å²) in [6.45, 7) is 0.782. The summed E-state index contributed by atoms with van der Waals surface area (Å²) in [6, 6.07) is 2.08. The lowest BCUT2D eigenvalue weighted by Gasteiger charge is -2.01. The largest absolute Gasteiger partial charge is 0.492 e. The molecule has 0 saturated carbocycles. The van der Waals surface area contributed by atoms with Crippen LogP contribution < -0.4 is 4.74 Å². The van der Waals surface area contributed by atoms with Crippen molar-refractivity contribution in [1.82, 2.24) is 4.98 Å². The second-order valence-electron chi connectivity index (χ2n) is 2.96. The number of thiazole rings is 1. The van der Waals surface area contributed by atoms with E-state index in [1.807, 2.05) is 5.51 Å². The first-order valence-corrected chi connectivity index (χ1v) is 5.71. The Morgan fingerprint density at radius 3 is 3.38 bits per heavy atom. The van der Waals surface area contributed by atoms with Crippen LogP contribution in [0.25, 0.3) is 10.2 Å². The molecule has 0 N–H and O–H groups in total. The highest BCUT2D eigenvalue weighted by atomic mass is 79.9. The molecule has 0 bridgehead atoms. The Balaban J connectivity index is 2.48. The quantitative estimate of drug-likeness (QED) is 0.722. The van der Waals surface area contributed by atoms with Gasteiger partial charge in [-0.25, -0.2) is 4.98 Å². The molecule has 2 heterocycles. The minimum atomic E-state index is 0.782. The van der Waals surface area contributed by atoms with Crippen molar-refractivity contribution < 1.29 is 4.74 Å². The fourth-order valence-corrected chi connectivity index (χ4v) is 3.14. The molecule has 2 nitrogen and oxygen atoms in total. The summed E-state index contributed by atoms with van der Waals surface area (Å²) < 4.78 is 7.81. The van der Waals surface area contributed by atoms with Gasteiger partial charge in [-0.2, -0.15) is 0 Å². The summed E-state index contributed by atoms with van der Waals surface area (Å²) in [5, 5.41) is 0. The molecule has 0 fully saturated rings. The summed E-state index contributed by atoms with van der Waals surface area (Å²) in [6.07, 6.45) is 0.981. The lowest BCUT2D eigenvalue weighted by molar-refractivity contribution is 0.355. The van der Waals surface area contributed by atoms with Gasteiger partial charge in [0.1, 0.15) is 5.75 Å². The predicted octanol–water partition coefficient (Wildman–Crippen LogP) is 2.99. The maximum absolute atomic E-state index is 5.52. The number of rotatable bonds is 0. The third-order valence-electron chi connectivity index (χ3n) is 2.23. The first-order valence-electron chi connectivity index (χ1n) is 4.03. The molecule has 1 aliphatic rings. The Labute approximate surface area is 87.7 Å². The van der Waals surface area contributed by atoms with Crippen LogP contribution in [0.4, 0.5) is 0 Å². The number of hydrogen-bond acceptors (Lipinski definition) is 3. The highest BCUT2D eigenvalue weighted by Crippen LogP contribution is 2.39. The van der Waals surface area contributed by atoms with Crippen LogP contribution in [0, 0.1) is 0 Å². The fraction of sp³-hybridized carbons (Fsp3) is 0.222. The van der Waals surface area contributed by atoms with E-state index in [2.05, 4.69) is 27.0 Å². The van der Waals surface area contributed by atoms with Crippen molar-refractivity contribution in [2.24, 2.45) is 0 Å². The van der Waals surface area contributed by atoms with E-state index in [-0.39, 0.29) is 0 Å². The Kier molecular flexibility index (Phi) is 1.60. The standard InChI is InChI=1S/C9H6BrNOS/c10-6-3-7-8(11-4-13-7)5-1-2-12-9(5)6/h3-4H,1-2H2. The van der Waals surface area contributed by atoms with E-state index in [1.54, 1.807) is 11.3 Å². The molecule has 0 aliphatic carbocycles. The van der Waals surface area contributed by atoms with Crippen molar-refractivity contribution in [1.29, 1.82) is 0 Å². The highest BCUT2D eigenvalue weighted by molar-refractivity contribution is 9.10. The van der Waals surface area contributed by atoms with E-state index in [9.17, 15) is 0 Å². The average molecular weight is 256 g/mol. The normalized spacial score (nSPS) is 14.5. The number of aromatic nitrogens is 1. The second kappa shape index (κ2) is 2.69. The number of nitrogens with zero attached hydrogens (tertiary/aromatic N) is 1. The summed E-state index contributed by atoms with van der Waals surface area (Å²) in [7, 11) is 0. The molecule has 66 valence electrons. The van der Waals surface area contributed by atoms with E-state index in [0.29, 0.717) is 0 Å². The highest BCUT2D eigenvalue weighted by Gasteiger charge is 2.20. The molecule has 0 unspecified atom stereocenters. The third-order valence-corrected chi connectivity index (χ3v) is 3.59. The monoisotopic (exact) mass is 255 g/mol. The van der Waals surface area contributed by atoms with Gasteiger partial charge >= 0.3 is 0 Å². The first kappa shape index (κ1) is 7.76. The van der Waals surface area contributed by atoms with Crippen LogP contribution in [0.15, 0.2) is 16.0 Å². The van der Waals surface area contributed by atoms with Gasteiger partial charge in [0, 0.05) is 12.0 Å². The van der Waals surface area contributed by atoms with E-state index >= 15 is 0 Å². The van der Waals surface area contributed by atoms with E-state index < -0.39 is 0 Å². The van der Waals surface area contributed by atoms with Gasteiger partial charge in [-0.1, -0.05) is 0 Å². The zero-order valence-corrected chi connectivity index (χ0v) is 9.11. The molecule has 0 amide bonds. The molecule has 1 aromatic heterocycles. The number of hydrogen-bond donors (Lipinski definition) is 0. The van der Waals surface area contributed by atoms with Crippen molar-refractivity contribution in [2.45, 2.75) is 6.42 Å². The predicted molar refractivity (Wildman–Crippen MR) is 56.5 cm³/mol. The molecule has 1 aromatic carbocycles. The van der Waals surface area contributed by atoms with E-state index in [1.165, 1.54) is 10.3 Å². The van der Waals surface area contributed by atoms with Crippen molar-refractivity contribution in [3.05, 3.63) is 21.6 Å². The summed E-state index contributed by atoms with van der Waals surface area (Å²) in [5.41, 5.74) is 4.25. The van der Waals surface area contributed by atoms with Gasteiger partial charge in [-0.05, 0) is 22.0 Å². The maximum Gasteiger partial charge on any atom is 0.139 e. The van der Waals surface area contributed by atoms with Gasteiger partial charge in [0.25, 0.3) is 0 Å². The molecule has 0 spiro atoms. The number of benzene rings is 1. The number of ether oxygens (including phenoxy) is 1. The number of fused-ring (bicyclic) bond motifs is 3. The van der Waals surface area contributed by atoms with E-state index in [4.69, 9.17) is 4.74 Å². The van der Waals surface area contributed by atoms with Crippen LogP contribution in [0.3, 0.4) is 0 Å². The van der Waals surface area contributed by atoms with Gasteiger partial charge in [0.2, 0.25) is 0 Å². The lowest BCUT2D eigenvalue weighted by atomic mass is 10.1. The van der Waals surface area contributed by atoms with Crippen LogP contribution in [0.2, 0.25) is 0 Å². The van der Waals surface area contributed by atoms with Gasteiger partial charge in [0.15, 0.2) is 0 Å². The third kappa shape index (κ3) is 1.02. The molecule has 1 aliphatic heterocycles. The molecule has 0 saturated heterocycles. The lowest BCUT2D eigenvalue weighted by Crippen LogP contribution is -1.86. The van der Waals surface area contributed by atoms with Gasteiger partial charge in [-0.3, -0.25) is 0 Å². The molecule has 0 atom stereocenters. The summed E-state index contributed by atoms with van der Waals surface area (Å²) in [5.74, 6) is 0.985. The maximum atomic E-state index is 5.52. The van der Waals surface area contributed by atoms with Crippen molar-refractivity contribution in [3.63, 3.8) is 0 Å². The Morgan fingerprint density at radius 2 is 2.46 bits per heavy atom. The van der Waals surface area contributed by atoms with Crippen molar-refractivity contribution in [2.75, 3.05) is 6.61 Å². The van der Waals surface area contributed by atoms with Gasteiger partial charge < -0.3 is 4.74 Å². The fourth-order valence-electron chi connectivity index (χ4n) is 1.66. The molecule has 3 rings (SSSR count). The molecule has 0 radical (unpaired) electrons. The molecular weight excluding hydrogens is 250 g/mol. The minimum Gasteiger partial charge on any atom is -0.492 e. The first-order chi connectivity index (χ1) is 6.36. The van der Waals surface area contributed by atoms with Crippen LogP contribution in [-0.2, 0) is 6.42 Å². The Bertz CT molecular complexity index is 480. The van der Waals surface area contributed by atoms with Crippen molar-refractivity contribution >= 4 is 37.5 Å². The summed E-state index contributed by atoms with van der Waals surface area (Å²) in [4.78, 5) is 4.35. The molecule has 4 heteroatoms. The van der Waals surface area contributed by atoms with Crippen LogP contribution >= 0.6 is 27.3 Å². The Morgan fingerprint density at radius 1 is 1.54 bits per heavy atom. The van der Waals surface area contributed by atoms with Crippen LogP contribution in [-0.4, -0.2) is 11.6 Å². The minimum absolute atomic E-state index is 0.782. The van der Waals surface area contributed by atoms with Gasteiger partial charge in [0.05, 0.1) is 26.8 Å². The van der Waals surface area contributed by atoms with Crippen LogP contribution in [0.5, 0.6) is 5.75 Å². The van der Waals surface area contributed by atoms with Crippen molar-refractivity contribution in [3.8, 4) is 5.75 Å². The number of halogens is 1.